The standard InChI is InChI=1S/C18H25NO5/c1-5-24-14-11-18(16(21)22,17(14,2)3)19-15(20)10-12-7-6-8-13(9-12)23-4/h6-9,14H,5,10-11H2,1-4H3,(H,19,20)(H,21,22). The predicted molar refractivity (Wildman–Crippen MR) is 89.0 cm³/mol. The van der Waals surface area contributed by atoms with Gasteiger partial charge in [0.05, 0.1) is 19.6 Å². The molecule has 1 saturated carbocycles. The van der Waals surface area contributed by atoms with Gasteiger partial charge >= 0.3 is 5.97 Å². The normalized spacial score (nSPS) is 24.8. The number of carboxylic acids is 1. The number of hydrogen-bond donors (Lipinski definition) is 2. The number of amides is 1. The Morgan fingerprint density at radius 3 is 2.62 bits per heavy atom. The van der Waals surface area contributed by atoms with E-state index in [-0.39, 0.29) is 24.9 Å². The highest BCUT2D eigenvalue weighted by Gasteiger charge is 2.66. The molecule has 1 fully saturated rings. The van der Waals surface area contributed by atoms with Gasteiger partial charge in [-0.2, -0.15) is 0 Å². The van der Waals surface area contributed by atoms with E-state index in [2.05, 4.69) is 5.32 Å². The van der Waals surface area contributed by atoms with Gasteiger partial charge < -0.3 is 19.9 Å². The topological polar surface area (TPSA) is 84.9 Å². The van der Waals surface area contributed by atoms with Crippen molar-refractivity contribution < 1.29 is 24.2 Å². The first-order valence-electron chi connectivity index (χ1n) is 8.05. The summed E-state index contributed by atoms with van der Waals surface area (Å²) < 4.78 is 10.7. The van der Waals surface area contributed by atoms with E-state index in [4.69, 9.17) is 9.47 Å². The van der Waals surface area contributed by atoms with E-state index < -0.39 is 16.9 Å². The number of ether oxygens (including phenoxy) is 2. The Labute approximate surface area is 142 Å². The number of nitrogens with one attached hydrogen (secondary N) is 1. The third-order valence-electron chi connectivity index (χ3n) is 4.98. The van der Waals surface area contributed by atoms with Gasteiger partial charge in [-0.05, 0) is 24.6 Å². The Hall–Kier alpha value is -2.08. The molecule has 0 heterocycles. The van der Waals surface area contributed by atoms with E-state index in [0.717, 1.165) is 5.56 Å². The van der Waals surface area contributed by atoms with Crippen molar-refractivity contribution in [3.8, 4) is 5.75 Å². The molecular formula is C18H25NO5. The largest absolute Gasteiger partial charge is 0.497 e. The smallest absolute Gasteiger partial charge is 0.330 e. The molecule has 0 spiro atoms. The fourth-order valence-electron chi connectivity index (χ4n) is 3.29. The minimum absolute atomic E-state index is 0.0988. The van der Waals surface area contributed by atoms with E-state index >= 15 is 0 Å². The summed E-state index contributed by atoms with van der Waals surface area (Å²) in [5, 5.41) is 12.4. The van der Waals surface area contributed by atoms with Crippen LogP contribution in [0, 0.1) is 5.41 Å². The summed E-state index contributed by atoms with van der Waals surface area (Å²) in [6.07, 6.45) is 0.185. The molecule has 0 radical (unpaired) electrons. The van der Waals surface area contributed by atoms with Gasteiger partial charge in [-0.3, -0.25) is 4.79 Å². The minimum atomic E-state index is -1.30. The zero-order valence-corrected chi connectivity index (χ0v) is 14.6. The van der Waals surface area contributed by atoms with Gasteiger partial charge in [-0.15, -0.1) is 0 Å². The summed E-state index contributed by atoms with van der Waals surface area (Å²) in [5.74, 6) is -0.690. The van der Waals surface area contributed by atoms with Crippen LogP contribution in [0.1, 0.15) is 32.8 Å². The van der Waals surface area contributed by atoms with Gasteiger partial charge in [0, 0.05) is 18.4 Å². The number of benzene rings is 1. The van der Waals surface area contributed by atoms with Crippen LogP contribution in [0.15, 0.2) is 24.3 Å². The van der Waals surface area contributed by atoms with E-state index in [1.165, 1.54) is 0 Å². The zero-order valence-electron chi connectivity index (χ0n) is 14.6. The number of aliphatic carboxylic acids is 1. The fourth-order valence-corrected chi connectivity index (χ4v) is 3.29. The molecule has 1 aromatic rings. The van der Waals surface area contributed by atoms with E-state index in [0.29, 0.717) is 12.4 Å². The van der Waals surface area contributed by atoms with Gasteiger partial charge in [0.15, 0.2) is 0 Å². The van der Waals surface area contributed by atoms with Crippen LogP contribution in [-0.2, 0) is 20.7 Å². The third-order valence-corrected chi connectivity index (χ3v) is 4.98. The molecule has 24 heavy (non-hydrogen) atoms. The van der Waals surface area contributed by atoms with Crippen molar-refractivity contribution in [1.82, 2.24) is 5.32 Å². The third kappa shape index (κ3) is 3.11. The molecule has 6 nitrogen and oxygen atoms in total. The molecule has 1 amide bonds. The predicted octanol–water partition coefficient (Wildman–Crippen LogP) is 2.01. The number of carboxylic acid groups (broad SMARTS) is 1. The summed E-state index contributed by atoms with van der Waals surface area (Å²) >= 11 is 0. The Kier molecular flexibility index (Phi) is 5.18. The van der Waals surface area contributed by atoms with Crippen LogP contribution in [-0.4, -0.2) is 42.3 Å². The van der Waals surface area contributed by atoms with Crippen LogP contribution in [0.4, 0.5) is 0 Å². The molecule has 2 atom stereocenters. The Morgan fingerprint density at radius 2 is 2.08 bits per heavy atom. The summed E-state index contributed by atoms with van der Waals surface area (Å²) in [6, 6.07) is 7.17. The Balaban J connectivity index is 2.11. The molecule has 6 heteroatoms. The second-order valence-electron chi connectivity index (χ2n) is 6.66. The molecule has 132 valence electrons. The van der Waals surface area contributed by atoms with Crippen molar-refractivity contribution in [2.24, 2.45) is 5.41 Å². The maximum Gasteiger partial charge on any atom is 0.330 e. The number of methoxy groups -OCH3 is 1. The zero-order chi connectivity index (χ0) is 18.0. The second-order valence-corrected chi connectivity index (χ2v) is 6.66. The van der Waals surface area contributed by atoms with Crippen LogP contribution in [0.25, 0.3) is 0 Å². The van der Waals surface area contributed by atoms with Crippen LogP contribution < -0.4 is 10.1 Å². The van der Waals surface area contributed by atoms with E-state index in [1.54, 1.807) is 25.3 Å². The molecule has 0 saturated heterocycles. The average Bonchev–Trinajstić information content (AvgIpc) is 2.53. The van der Waals surface area contributed by atoms with Crippen molar-refractivity contribution in [3.05, 3.63) is 29.8 Å². The first-order chi connectivity index (χ1) is 11.3. The van der Waals surface area contributed by atoms with Crippen LogP contribution >= 0.6 is 0 Å². The van der Waals surface area contributed by atoms with Crippen LogP contribution in [0.5, 0.6) is 5.75 Å². The fraction of sp³-hybridized carbons (Fsp3) is 0.556. The molecule has 1 aromatic carbocycles. The van der Waals surface area contributed by atoms with Gasteiger partial charge in [-0.25, -0.2) is 4.79 Å². The quantitative estimate of drug-likeness (QED) is 0.796. The SMILES string of the molecule is CCOC1CC(NC(=O)Cc2cccc(OC)c2)(C(=O)O)C1(C)C. The lowest BCUT2D eigenvalue weighted by molar-refractivity contribution is -0.194. The molecule has 0 aliphatic heterocycles. The van der Waals surface area contributed by atoms with Gasteiger partial charge in [0.2, 0.25) is 5.91 Å². The molecule has 2 rings (SSSR count). The maximum atomic E-state index is 12.4. The highest BCUT2D eigenvalue weighted by molar-refractivity contribution is 5.90. The van der Waals surface area contributed by atoms with Gasteiger partial charge in [0.25, 0.3) is 0 Å². The first kappa shape index (κ1) is 18.3. The van der Waals surface area contributed by atoms with Crippen LogP contribution in [0.3, 0.4) is 0 Å². The monoisotopic (exact) mass is 335 g/mol. The van der Waals surface area contributed by atoms with E-state index in [1.807, 2.05) is 26.8 Å². The van der Waals surface area contributed by atoms with Gasteiger partial charge in [0.1, 0.15) is 11.3 Å². The molecule has 1 aliphatic carbocycles. The molecule has 2 N–H and O–H groups in total. The minimum Gasteiger partial charge on any atom is -0.497 e. The van der Waals surface area contributed by atoms with Crippen molar-refractivity contribution in [3.63, 3.8) is 0 Å². The highest BCUT2D eigenvalue weighted by atomic mass is 16.5. The number of carbonyl (C=O) groups is 2. The molecule has 0 aromatic heterocycles. The van der Waals surface area contributed by atoms with Gasteiger partial charge in [-0.1, -0.05) is 26.0 Å². The number of hydrogen-bond acceptors (Lipinski definition) is 4. The molecule has 1 aliphatic rings. The maximum absolute atomic E-state index is 12.4. The summed E-state index contributed by atoms with van der Waals surface area (Å²) in [5.41, 5.74) is -1.22. The number of rotatable bonds is 7. The van der Waals surface area contributed by atoms with Crippen molar-refractivity contribution in [1.29, 1.82) is 0 Å². The highest BCUT2D eigenvalue weighted by Crippen LogP contribution is 2.51. The Bertz CT molecular complexity index is 628. The van der Waals surface area contributed by atoms with Crippen LogP contribution in [0.2, 0.25) is 0 Å². The lowest BCUT2D eigenvalue weighted by Gasteiger charge is -2.58. The Morgan fingerprint density at radius 1 is 1.38 bits per heavy atom. The van der Waals surface area contributed by atoms with Crippen molar-refractivity contribution in [2.75, 3.05) is 13.7 Å². The molecular weight excluding hydrogens is 310 g/mol. The van der Waals surface area contributed by atoms with Crippen molar-refractivity contribution >= 4 is 11.9 Å². The summed E-state index contributed by atoms with van der Waals surface area (Å²) in [7, 11) is 1.56. The summed E-state index contributed by atoms with van der Waals surface area (Å²) in [6.45, 7) is 6.02. The first-order valence-corrected chi connectivity index (χ1v) is 8.05. The van der Waals surface area contributed by atoms with Crippen molar-refractivity contribution in [2.45, 2.75) is 45.3 Å². The lowest BCUT2D eigenvalue weighted by atomic mass is 9.54. The molecule has 2 unspecified atom stereocenters. The summed E-state index contributed by atoms with van der Waals surface area (Å²) in [4.78, 5) is 24.3. The average molecular weight is 335 g/mol. The number of carbonyl (C=O) groups excluding carboxylic acids is 1. The van der Waals surface area contributed by atoms with E-state index in [9.17, 15) is 14.7 Å². The molecule has 0 bridgehead atoms. The lowest BCUT2D eigenvalue weighted by Crippen LogP contribution is -2.76. The second kappa shape index (κ2) is 6.81.